The summed E-state index contributed by atoms with van der Waals surface area (Å²) in [6.45, 7) is 0. The van der Waals surface area contributed by atoms with Crippen molar-refractivity contribution < 1.29 is 4.42 Å². The Bertz CT molecular complexity index is 2160. The Kier molecular flexibility index (Phi) is 4.82. The molecule has 0 aliphatic carbocycles. The maximum Gasteiger partial charge on any atom is 0.143 e. The van der Waals surface area contributed by atoms with Gasteiger partial charge in [-0.2, -0.15) is 0 Å². The molecule has 0 aliphatic heterocycles. The highest BCUT2D eigenvalue weighted by molar-refractivity contribution is 6.09. The summed E-state index contributed by atoms with van der Waals surface area (Å²) in [5.74, 6) is 0. The minimum absolute atomic E-state index is 0.910. The van der Waals surface area contributed by atoms with Gasteiger partial charge in [-0.05, 0) is 23.8 Å². The fraction of sp³-hybridized carbons (Fsp3) is 0. The minimum Gasteiger partial charge on any atom is -0.455 e. The van der Waals surface area contributed by atoms with E-state index in [0.717, 1.165) is 77.4 Å². The molecule has 0 fully saturated rings. The highest BCUT2D eigenvalue weighted by Gasteiger charge is 2.13. The number of nitrogens with zero attached hydrogens (tertiary/aromatic N) is 2. The molecule has 3 heterocycles. The summed E-state index contributed by atoms with van der Waals surface area (Å²) in [5.41, 5.74) is 9.91. The lowest BCUT2D eigenvalue weighted by atomic mass is 10.00. The van der Waals surface area contributed by atoms with Crippen LogP contribution in [0.3, 0.4) is 0 Å². The number of pyridine rings is 2. The summed E-state index contributed by atoms with van der Waals surface area (Å²) in [4.78, 5) is 10.1. The van der Waals surface area contributed by atoms with Crippen LogP contribution in [0.15, 0.2) is 138 Å². The lowest BCUT2D eigenvalue weighted by Gasteiger charge is -2.09. The molecule has 182 valence electrons. The van der Waals surface area contributed by atoms with Crippen LogP contribution in [0.2, 0.25) is 0 Å². The molecule has 39 heavy (non-hydrogen) atoms. The van der Waals surface area contributed by atoms with Crippen molar-refractivity contribution in [2.24, 2.45) is 0 Å². The zero-order valence-electron chi connectivity index (χ0n) is 21.0. The molecule has 3 heteroatoms. The molecule has 5 aromatic carbocycles. The van der Waals surface area contributed by atoms with Crippen LogP contribution in [0.25, 0.3) is 77.4 Å². The molecule has 0 aliphatic rings. The first-order valence-corrected chi connectivity index (χ1v) is 13.1. The number of fused-ring (bicyclic) bond motifs is 6. The molecule has 0 saturated carbocycles. The van der Waals surface area contributed by atoms with Gasteiger partial charge in [0, 0.05) is 38.2 Å². The van der Waals surface area contributed by atoms with E-state index in [1.165, 1.54) is 0 Å². The number of furan rings is 1. The number of benzene rings is 5. The normalized spacial score (nSPS) is 11.6. The van der Waals surface area contributed by atoms with Crippen LogP contribution in [-0.4, -0.2) is 9.97 Å². The van der Waals surface area contributed by atoms with E-state index in [0.29, 0.717) is 0 Å². The van der Waals surface area contributed by atoms with E-state index in [1.54, 1.807) is 0 Å². The van der Waals surface area contributed by atoms with Crippen molar-refractivity contribution in [1.82, 2.24) is 9.97 Å². The molecule has 3 aromatic heterocycles. The zero-order valence-corrected chi connectivity index (χ0v) is 21.0. The molecule has 0 unspecified atom stereocenters. The zero-order chi connectivity index (χ0) is 25.8. The minimum atomic E-state index is 0.910. The largest absolute Gasteiger partial charge is 0.455 e. The first kappa shape index (κ1) is 21.8. The molecule has 0 bridgehead atoms. The average Bonchev–Trinajstić information content (AvgIpc) is 3.40. The first-order valence-electron chi connectivity index (χ1n) is 13.1. The predicted octanol–water partition coefficient (Wildman–Crippen LogP) is 9.68. The van der Waals surface area contributed by atoms with Crippen LogP contribution in [0.4, 0.5) is 0 Å². The van der Waals surface area contributed by atoms with Crippen LogP contribution in [0.5, 0.6) is 0 Å². The van der Waals surface area contributed by atoms with Crippen molar-refractivity contribution in [3.8, 4) is 33.6 Å². The Morgan fingerprint density at radius 3 is 1.69 bits per heavy atom. The van der Waals surface area contributed by atoms with Gasteiger partial charge in [0.25, 0.3) is 0 Å². The molecule has 0 saturated heterocycles. The van der Waals surface area contributed by atoms with Crippen LogP contribution in [0.1, 0.15) is 0 Å². The number of aromatic nitrogens is 2. The fourth-order valence-corrected chi connectivity index (χ4v) is 5.49. The number of hydrogen-bond donors (Lipinski definition) is 0. The highest BCUT2D eigenvalue weighted by Crippen LogP contribution is 2.36. The Labute approximate surface area is 225 Å². The standard InChI is InChI=1S/C36H22N2O/c1-2-7-24(8-3-1)31-21-19-26-17-18-27-20-22-32(38-35(27)34(26)37-31)25-15-13-23(14-16-25)28-10-6-11-30-29-9-4-5-12-33(29)39-36(28)30/h1-22H. The Morgan fingerprint density at radius 1 is 0.410 bits per heavy atom. The number of rotatable bonds is 3. The van der Waals surface area contributed by atoms with Crippen LogP contribution in [-0.2, 0) is 0 Å². The number of hydrogen-bond acceptors (Lipinski definition) is 3. The third-order valence-corrected chi connectivity index (χ3v) is 7.49. The number of para-hydroxylation sites is 2. The highest BCUT2D eigenvalue weighted by atomic mass is 16.3. The van der Waals surface area contributed by atoms with Crippen molar-refractivity contribution in [3.05, 3.63) is 133 Å². The Balaban J connectivity index is 1.22. The summed E-state index contributed by atoms with van der Waals surface area (Å²) < 4.78 is 6.26. The molecule has 0 radical (unpaired) electrons. The molecule has 8 rings (SSSR count). The second kappa shape index (κ2) is 8.64. The van der Waals surface area contributed by atoms with Gasteiger partial charge >= 0.3 is 0 Å². The second-order valence-corrected chi connectivity index (χ2v) is 9.83. The Morgan fingerprint density at radius 2 is 0.974 bits per heavy atom. The smallest absolute Gasteiger partial charge is 0.143 e. The molecule has 3 nitrogen and oxygen atoms in total. The first-order chi connectivity index (χ1) is 19.3. The molecule has 0 N–H and O–H groups in total. The van der Waals surface area contributed by atoms with Gasteiger partial charge in [0.1, 0.15) is 11.2 Å². The van der Waals surface area contributed by atoms with Gasteiger partial charge in [0.05, 0.1) is 22.4 Å². The van der Waals surface area contributed by atoms with E-state index in [2.05, 4.69) is 103 Å². The van der Waals surface area contributed by atoms with Crippen molar-refractivity contribution in [3.63, 3.8) is 0 Å². The third kappa shape index (κ3) is 3.59. The molecule has 8 aromatic rings. The SMILES string of the molecule is c1ccc(-c2ccc3ccc4ccc(-c5ccc(-c6cccc7c6oc6ccccc67)cc5)nc4c3n2)cc1. The molecule has 0 spiro atoms. The van der Waals surface area contributed by atoms with E-state index in [9.17, 15) is 0 Å². The van der Waals surface area contributed by atoms with Crippen molar-refractivity contribution in [2.75, 3.05) is 0 Å². The van der Waals surface area contributed by atoms with Crippen LogP contribution < -0.4 is 0 Å². The Hall–Kier alpha value is -5.28. The summed E-state index contributed by atoms with van der Waals surface area (Å²) in [6, 6.07) is 46.1. The van der Waals surface area contributed by atoms with Crippen LogP contribution >= 0.6 is 0 Å². The fourth-order valence-electron chi connectivity index (χ4n) is 5.49. The topological polar surface area (TPSA) is 38.9 Å². The van der Waals surface area contributed by atoms with Gasteiger partial charge in [-0.25, -0.2) is 9.97 Å². The lowest BCUT2D eigenvalue weighted by molar-refractivity contribution is 0.670. The summed E-state index contributed by atoms with van der Waals surface area (Å²) in [5, 5.41) is 4.44. The van der Waals surface area contributed by atoms with Gasteiger partial charge < -0.3 is 4.42 Å². The lowest BCUT2D eigenvalue weighted by Crippen LogP contribution is -1.91. The maximum atomic E-state index is 6.26. The quantitative estimate of drug-likeness (QED) is 0.228. The van der Waals surface area contributed by atoms with E-state index < -0.39 is 0 Å². The maximum absolute atomic E-state index is 6.26. The van der Waals surface area contributed by atoms with E-state index in [1.807, 2.05) is 30.3 Å². The predicted molar refractivity (Wildman–Crippen MR) is 161 cm³/mol. The van der Waals surface area contributed by atoms with Crippen molar-refractivity contribution >= 4 is 43.7 Å². The van der Waals surface area contributed by atoms with Gasteiger partial charge in [-0.15, -0.1) is 0 Å². The molecular formula is C36H22N2O. The summed E-state index contributed by atoms with van der Waals surface area (Å²) >= 11 is 0. The second-order valence-electron chi connectivity index (χ2n) is 9.83. The van der Waals surface area contributed by atoms with Gasteiger partial charge in [-0.3, -0.25) is 0 Å². The molecule has 0 amide bonds. The van der Waals surface area contributed by atoms with Gasteiger partial charge in [0.15, 0.2) is 0 Å². The van der Waals surface area contributed by atoms with Gasteiger partial charge in [0.2, 0.25) is 0 Å². The van der Waals surface area contributed by atoms with E-state index in [-0.39, 0.29) is 0 Å². The van der Waals surface area contributed by atoms with Crippen molar-refractivity contribution in [1.29, 1.82) is 0 Å². The monoisotopic (exact) mass is 498 g/mol. The molecule has 0 atom stereocenters. The summed E-state index contributed by atoms with van der Waals surface area (Å²) in [6.07, 6.45) is 0. The van der Waals surface area contributed by atoms with Crippen LogP contribution in [0, 0.1) is 0 Å². The molecular weight excluding hydrogens is 476 g/mol. The van der Waals surface area contributed by atoms with Crippen molar-refractivity contribution in [2.45, 2.75) is 0 Å². The van der Waals surface area contributed by atoms with Gasteiger partial charge in [-0.1, -0.05) is 115 Å². The average molecular weight is 499 g/mol. The summed E-state index contributed by atoms with van der Waals surface area (Å²) in [7, 11) is 0. The third-order valence-electron chi connectivity index (χ3n) is 7.49. The van der Waals surface area contributed by atoms with E-state index >= 15 is 0 Å². The van der Waals surface area contributed by atoms with E-state index in [4.69, 9.17) is 14.4 Å².